The van der Waals surface area contributed by atoms with Crippen LogP contribution in [-0.4, -0.2) is 38.4 Å². The molecular weight excluding hydrogens is 408 g/mol. The van der Waals surface area contributed by atoms with Crippen molar-refractivity contribution in [3.63, 3.8) is 0 Å². The molecule has 0 spiro atoms. The number of amides is 1. The second-order valence-corrected chi connectivity index (χ2v) is 7.82. The van der Waals surface area contributed by atoms with Crippen LogP contribution in [0.2, 0.25) is 5.02 Å². The van der Waals surface area contributed by atoms with E-state index < -0.39 is 11.2 Å². The molecule has 8 nitrogen and oxygen atoms in total. The van der Waals surface area contributed by atoms with Crippen LogP contribution in [0.25, 0.3) is 0 Å². The van der Waals surface area contributed by atoms with Gasteiger partial charge in [0.15, 0.2) is 5.89 Å². The third-order valence-electron chi connectivity index (χ3n) is 5.19. The van der Waals surface area contributed by atoms with Crippen LogP contribution in [0.15, 0.2) is 56.7 Å². The van der Waals surface area contributed by atoms with Crippen LogP contribution in [0, 0.1) is 0 Å². The molecule has 156 valence electrons. The number of hydrogen-bond acceptors (Lipinski definition) is 5. The zero-order valence-electron chi connectivity index (χ0n) is 16.2. The molecule has 9 heteroatoms. The molecule has 3 aromatic rings. The van der Waals surface area contributed by atoms with Crippen LogP contribution >= 0.6 is 11.6 Å². The summed E-state index contributed by atoms with van der Waals surface area (Å²) >= 11 is 5.92. The molecule has 0 saturated carbocycles. The van der Waals surface area contributed by atoms with E-state index in [2.05, 4.69) is 9.97 Å². The first-order valence-corrected chi connectivity index (χ1v) is 10.1. The lowest BCUT2D eigenvalue weighted by Gasteiger charge is -2.31. The van der Waals surface area contributed by atoms with Gasteiger partial charge in [-0.1, -0.05) is 23.7 Å². The SMILES string of the molecule is O=C(Cn1ccc(=O)[nH]c1=O)N1CCCC(c2ncc(Cc3ccc(Cl)cc3)o2)C1. The average molecular weight is 429 g/mol. The summed E-state index contributed by atoms with van der Waals surface area (Å²) in [6.07, 6.45) is 5.38. The minimum absolute atomic E-state index is 0.00831. The van der Waals surface area contributed by atoms with Gasteiger partial charge >= 0.3 is 5.69 Å². The topological polar surface area (TPSA) is 101 Å². The summed E-state index contributed by atoms with van der Waals surface area (Å²) in [4.78, 5) is 44.0. The smallest absolute Gasteiger partial charge is 0.328 e. The summed E-state index contributed by atoms with van der Waals surface area (Å²) < 4.78 is 7.16. The molecule has 0 bridgehead atoms. The quantitative estimate of drug-likeness (QED) is 0.671. The Morgan fingerprint density at radius 2 is 2.03 bits per heavy atom. The van der Waals surface area contributed by atoms with E-state index in [0.29, 0.717) is 30.4 Å². The molecule has 0 radical (unpaired) electrons. The lowest BCUT2D eigenvalue weighted by Crippen LogP contribution is -2.42. The van der Waals surface area contributed by atoms with Gasteiger partial charge in [0.25, 0.3) is 5.56 Å². The van der Waals surface area contributed by atoms with Crippen molar-refractivity contribution in [2.45, 2.75) is 31.7 Å². The van der Waals surface area contributed by atoms with Gasteiger partial charge in [-0.3, -0.25) is 19.1 Å². The molecule has 1 fully saturated rings. The Balaban J connectivity index is 1.40. The van der Waals surface area contributed by atoms with E-state index in [-0.39, 0.29) is 18.4 Å². The number of rotatable bonds is 5. The van der Waals surface area contributed by atoms with Crippen LogP contribution in [0.3, 0.4) is 0 Å². The van der Waals surface area contributed by atoms with E-state index in [1.807, 2.05) is 24.3 Å². The summed E-state index contributed by atoms with van der Waals surface area (Å²) in [6.45, 7) is 0.985. The summed E-state index contributed by atoms with van der Waals surface area (Å²) in [7, 11) is 0. The van der Waals surface area contributed by atoms with Crippen molar-refractivity contribution in [3.05, 3.63) is 85.8 Å². The number of likely N-dealkylation sites (tertiary alicyclic amines) is 1. The fourth-order valence-electron chi connectivity index (χ4n) is 3.62. The van der Waals surface area contributed by atoms with Gasteiger partial charge in [-0.05, 0) is 30.5 Å². The van der Waals surface area contributed by atoms with Crippen molar-refractivity contribution in [2.24, 2.45) is 0 Å². The normalized spacial score (nSPS) is 16.6. The van der Waals surface area contributed by atoms with E-state index >= 15 is 0 Å². The minimum atomic E-state index is -0.594. The number of carbonyl (C=O) groups excluding carboxylic acids is 1. The minimum Gasteiger partial charge on any atom is -0.445 e. The summed E-state index contributed by atoms with van der Waals surface area (Å²) in [6, 6.07) is 8.80. The number of oxazole rings is 1. The standard InChI is InChI=1S/C21H21ClN4O4/c22-16-5-3-14(4-6-16)10-17-11-23-20(30-17)15-2-1-8-25(12-15)19(28)13-26-9-7-18(27)24-21(26)29/h3-7,9,11,15H,1-2,8,10,12-13H2,(H,24,27,29). The largest absolute Gasteiger partial charge is 0.445 e. The maximum absolute atomic E-state index is 12.7. The van der Waals surface area contributed by atoms with Gasteiger partial charge in [0.05, 0.1) is 12.1 Å². The van der Waals surface area contributed by atoms with Crippen molar-refractivity contribution in [2.75, 3.05) is 13.1 Å². The third-order valence-corrected chi connectivity index (χ3v) is 5.44. The number of nitrogens with one attached hydrogen (secondary N) is 1. The van der Waals surface area contributed by atoms with Crippen LogP contribution in [0.1, 0.15) is 36.0 Å². The maximum atomic E-state index is 12.7. The Morgan fingerprint density at radius 3 is 2.80 bits per heavy atom. The number of hydrogen-bond donors (Lipinski definition) is 1. The number of aromatic amines is 1. The first kappa shape index (κ1) is 20.2. The lowest BCUT2D eigenvalue weighted by atomic mass is 9.98. The van der Waals surface area contributed by atoms with E-state index in [1.165, 1.54) is 16.8 Å². The van der Waals surface area contributed by atoms with Crippen LogP contribution < -0.4 is 11.2 Å². The van der Waals surface area contributed by atoms with Crippen molar-refractivity contribution in [1.82, 2.24) is 19.4 Å². The Kier molecular flexibility index (Phi) is 5.85. The number of piperidine rings is 1. The number of nitrogens with zero attached hydrogens (tertiary/aromatic N) is 3. The molecule has 2 aromatic heterocycles. The third kappa shape index (κ3) is 4.71. The van der Waals surface area contributed by atoms with Gasteiger partial charge in [-0.2, -0.15) is 0 Å². The highest BCUT2D eigenvalue weighted by atomic mass is 35.5. The van der Waals surface area contributed by atoms with E-state index in [4.69, 9.17) is 16.0 Å². The fourth-order valence-corrected chi connectivity index (χ4v) is 3.74. The molecule has 3 heterocycles. The highest BCUT2D eigenvalue weighted by Gasteiger charge is 2.28. The van der Waals surface area contributed by atoms with Crippen molar-refractivity contribution in [3.8, 4) is 0 Å². The summed E-state index contributed by atoms with van der Waals surface area (Å²) in [5.41, 5.74) is -0.00196. The number of H-pyrrole nitrogens is 1. The lowest BCUT2D eigenvalue weighted by molar-refractivity contribution is -0.133. The van der Waals surface area contributed by atoms with Gasteiger partial charge in [-0.15, -0.1) is 0 Å². The molecule has 1 atom stereocenters. The molecule has 1 aromatic carbocycles. The molecule has 1 unspecified atom stereocenters. The second-order valence-electron chi connectivity index (χ2n) is 7.39. The van der Waals surface area contributed by atoms with Gasteiger partial charge in [0.1, 0.15) is 12.3 Å². The Hall–Kier alpha value is -3.13. The number of benzene rings is 1. The van der Waals surface area contributed by atoms with Gasteiger partial charge in [0.2, 0.25) is 5.91 Å². The van der Waals surface area contributed by atoms with Gasteiger partial charge in [-0.25, -0.2) is 9.78 Å². The molecule has 1 N–H and O–H groups in total. The van der Waals surface area contributed by atoms with E-state index in [0.717, 1.165) is 24.2 Å². The Bertz CT molecular complexity index is 1150. The van der Waals surface area contributed by atoms with Gasteiger partial charge < -0.3 is 9.32 Å². The predicted molar refractivity (Wildman–Crippen MR) is 111 cm³/mol. The van der Waals surface area contributed by atoms with Gasteiger partial charge in [0, 0.05) is 36.8 Å². The average Bonchev–Trinajstić information content (AvgIpc) is 3.20. The van der Waals surface area contributed by atoms with Crippen molar-refractivity contribution < 1.29 is 9.21 Å². The molecule has 4 rings (SSSR count). The molecule has 1 amide bonds. The molecule has 30 heavy (non-hydrogen) atoms. The Morgan fingerprint density at radius 1 is 1.23 bits per heavy atom. The van der Waals surface area contributed by atoms with Crippen molar-refractivity contribution in [1.29, 1.82) is 0 Å². The number of aromatic nitrogens is 3. The zero-order valence-corrected chi connectivity index (χ0v) is 17.0. The number of carbonyl (C=O) groups is 1. The molecule has 0 aliphatic carbocycles. The zero-order chi connectivity index (χ0) is 21.1. The summed E-state index contributed by atoms with van der Waals surface area (Å²) in [5.74, 6) is 1.21. The second kappa shape index (κ2) is 8.71. The maximum Gasteiger partial charge on any atom is 0.328 e. The summed E-state index contributed by atoms with van der Waals surface area (Å²) in [5, 5.41) is 0.688. The highest BCUT2D eigenvalue weighted by Crippen LogP contribution is 2.27. The first-order chi connectivity index (χ1) is 14.5. The fraction of sp³-hybridized carbons (Fsp3) is 0.333. The molecule has 1 aliphatic heterocycles. The van der Waals surface area contributed by atoms with Crippen molar-refractivity contribution >= 4 is 17.5 Å². The van der Waals surface area contributed by atoms with E-state index in [1.54, 1.807) is 11.1 Å². The van der Waals surface area contributed by atoms with E-state index in [9.17, 15) is 14.4 Å². The van der Waals surface area contributed by atoms with Crippen LogP contribution in [0.4, 0.5) is 0 Å². The molecule has 1 aliphatic rings. The Labute approximate surface area is 177 Å². The predicted octanol–water partition coefficient (Wildman–Crippen LogP) is 2.17. The van der Waals surface area contributed by atoms with Crippen LogP contribution in [0.5, 0.6) is 0 Å². The monoisotopic (exact) mass is 428 g/mol. The number of halogens is 1. The molecule has 1 saturated heterocycles. The van der Waals surface area contributed by atoms with Crippen LogP contribution in [-0.2, 0) is 17.8 Å². The molecular formula is C21H21ClN4O4. The highest BCUT2D eigenvalue weighted by molar-refractivity contribution is 6.30. The first-order valence-electron chi connectivity index (χ1n) is 9.74.